The van der Waals surface area contributed by atoms with Crippen LogP contribution in [0.25, 0.3) is 0 Å². The van der Waals surface area contributed by atoms with Crippen LogP contribution in [-0.4, -0.2) is 97.5 Å². The molecule has 12 nitrogen and oxygen atoms in total. The highest BCUT2D eigenvalue weighted by Crippen LogP contribution is 2.26. The molecule has 0 aromatic heterocycles. The Balaban J connectivity index is 2.36. The summed E-state index contributed by atoms with van der Waals surface area (Å²) in [6.07, 6.45) is 45.0. The molecule has 0 radical (unpaired) electrons. The minimum absolute atomic E-state index is 0.0281. The maximum absolute atomic E-state index is 12.9. The van der Waals surface area contributed by atoms with Gasteiger partial charge in [0.2, 0.25) is 0 Å². The number of ether oxygens (including phenoxy) is 4. The topological polar surface area (TPSA) is 178 Å². The van der Waals surface area contributed by atoms with Crippen LogP contribution < -0.4 is 0 Å². The summed E-state index contributed by atoms with van der Waals surface area (Å²) in [5, 5.41) is 30.7. The van der Waals surface area contributed by atoms with E-state index in [1.54, 1.807) is 0 Å². The van der Waals surface area contributed by atoms with E-state index >= 15 is 0 Å². The molecule has 0 saturated carbocycles. The van der Waals surface area contributed by atoms with Crippen LogP contribution >= 0.6 is 0 Å². The van der Waals surface area contributed by atoms with Gasteiger partial charge in [-0.3, -0.25) is 9.35 Å². The van der Waals surface area contributed by atoms with Crippen molar-refractivity contribution in [2.75, 3.05) is 26.4 Å². The van der Waals surface area contributed by atoms with Crippen molar-refractivity contribution in [2.45, 2.75) is 218 Å². The van der Waals surface area contributed by atoms with Crippen LogP contribution in [-0.2, 0) is 38.3 Å². The molecule has 1 aliphatic heterocycles. The molecule has 1 rings (SSSR count). The Morgan fingerprint density at radius 2 is 1.08 bits per heavy atom. The fourth-order valence-corrected chi connectivity index (χ4v) is 7.65. The predicted octanol–water partition coefficient (Wildman–Crippen LogP) is 11.1. The maximum Gasteiger partial charge on any atom is 0.397 e. The zero-order chi connectivity index (χ0) is 46.8. The van der Waals surface area contributed by atoms with Gasteiger partial charge in [0.1, 0.15) is 30.5 Å². The number of aliphatic hydroxyl groups excluding tert-OH is 3. The molecule has 6 atom stereocenters. The van der Waals surface area contributed by atoms with Gasteiger partial charge < -0.3 is 34.3 Å². The zero-order valence-electron chi connectivity index (χ0n) is 39.6. The molecule has 1 heterocycles. The van der Waals surface area contributed by atoms with Gasteiger partial charge in [-0.1, -0.05) is 183 Å². The van der Waals surface area contributed by atoms with E-state index in [1.807, 2.05) is 0 Å². The van der Waals surface area contributed by atoms with Crippen LogP contribution in [0.3, 0.4) is 0 Å². The molecular formula is C51H88O12S. The van der Waals surface area contributed by atoms with Crippen molar-refractivity contribution in [1.82, 2.24) is 0 Å². The quantitative estimate of drug-likeness (QED) is 0.0197. The van der Waals surface area contributed by atoms with Gasteiger partial charge >= 0.3 is 16.4 Å². The number of carbonyl (C=O) groups excluding carboxylic acids is 1. The van der Waals surface area contributed by atoms with Gasteiger partial charge in [0.15, 0.2) is 6.29 Å². The van der Waals surface area contributed by atoms with Gasteiger partial charge in [-0.2, -0.15) is 8.42 Å². The Morgan fingerprint density at radius 3 is 1.58 bits per heavy atom. The molecule has 0 amide bonds. The predicted molar refractivity (Wildman–Crippen MR) is 257 cm³/mol. The van der Waals surface area contributed by atoms with Crippen LogP contribution in [0.2, 0.25) is 0 Å². The zero-order valence-corrected chi connectivity index (χ0v) is 40.4. The molecule has 0 bridgehead atoms. The molecule has 1 fully saturated rings. The van der Waals surface area contributed by atoms with Crippen molar-refractivity contribution in [3.05, 3.63) is 72.9 Å². The number of allylic oxidation sites excluding steroid dienone is 12. The van der Waals surface area contributed by atoms with Crippen LogP contribution in [0.15, 0.2) is 72.9 Å². The molecule has 1 saturated heterocycles. The van der Waals surface area contributed by atoms with Crippen molar-refractivity contribution in [3.8, 4) is 0 Å². The van der Waals surface area contributed by atoms with Crippen molar-refractivity contribution in [1.29, 1.82) is 0 Å². The molecular weight excluding hydrogens is 837 g/mol. The summed E-state index contributed by atoms with van der Waals surface area (Å²) in [5.74, 6) is -0.415. The Hall–Kier alpha value is -2.46. The lowest BCUT2D eigenvalue weighted by Gasteiger charge is -2.41. The highest BCUT2D eigenvalue weighted by atomic mass is 32.3. The average molecular weight is 925 g/mol. The molecule has 0 aromatic rings. The Bertz CT molecular complexity index is 1390. The average Bonchev–Trinajstić information content (AvgIpc) is 3.27. The van der Waals surface area contributed by atoms with Gasteiger partial charge in [-0.15, -0.1) is 0 Å². The number of hydrogen-bond acceptors (Lipinski definition) is 11. The summed E-state index contributed by atoms with van der Waals surface area (Å²) in [4.78, 5) is 12.9. The summed E-state index contributed by atoms with van der Waals surface area (Å²) in [7, 11) is -5.07. The fraction of sp³-hybridized carbons (Fsp3) is 0.745. The minimum atomic E-state index is -5.07. The Morgan fingerprint density at radius 1 is 0.609 bits per heavy atom. The summed E-state index contributed by atoms with van der Waals surface area (Å²) in [6.45, 7) is 3.85. The molecule has 4 N–H and O–H groups in total. The fourth-order valence-electron chi connectivity index (χ4n) is 7.15. The van der Waals surface area contributed by atoms with Crippen molar-refractivity contribution < 1.29 is 56.2 Å². The lowest BCUT2D eigenvalue weighted by atomic mass is 9.99. The van der Waals surface area contributed by atoms with Gasteiger partial charge in [0.25, 0.3) is 0 Å². The van der Waals surface area contributed by atoms with Crippen molar-refractivity contribution in [3.63, 3.8) is 0 Å². The second-order valence-electron chi connectivity index (χ2n) is 16.7. The van der Waals surface area contributed by atoms with E-state index < -0.39 is 59.8 Å². The summed E-state index contributed by atoms with van der Waals surface area (Å²) in [6, 6.07) is 0. The third-order valence-corrected chi connectivity index (χ3v) is 11.3. The smallest absolute Gasteiger partial charge is 0.397 e. The first-order valence-corrected chi connectivity index (χ1v) is 26.1. The van der Waals surface area contributed by atoms with Crippen LogP contribution in [0.4, 0.5) is 0 Å². The summed E-state index contributed by atoms with van der Waals surface area (Å²) in [5.41, 5.74) is 0. The lowest BCUT2D eigenvalue weighted by Crippen LogP contribution is -2.60. The molecule has 0 aliphatic carbocycles. The van der Waals surface area contributed by atoms with Gasteiger partial charge in [-0.25, -0.2) is 4.18 Å². The third kappa shape index (κ3) is 34.8. The third-order valence-electron chi connectivity index (χ3n) is 10.8. The number of carbonyl (C=O) groups is 1. The molecule has 1 aliphatic rings. The van der Waals surface area contributed by atoms with Crippen LogP contribution in [0.1, 0.15) is 181 Å². The van der Waals surface area contributed by atoms with E-state index in [0.717, 1.165) is 96.3 Å². The summed E-state index contributed by atoms with van der Waals surface area (Å²) >= 11 is 0. The Kier molecular flexibility index (Phi) is 39.0. The Labute approximate surface area is 388 Å². The van der Waals surface area contributed by atoms with E-state index in [1.165, 1.54) is 57.8 Å². The normalized spacial score (nSPS) is 20.4. The summed E-state index contributed by atoms with van der Waals surface area (Å²) < 4.78 is 59.1. The minimum Gasteiger partial charge on any atom is -0.457 e. The molecule has 13 heteroatoms. The van der Waals surface area contributed by atoms with Crippen molar-refractivity contribution in [2.24, 2.45) is 0 Å². The monoisotopic (exact) mass is 925 g/mol. The highest BCUT2D eigenvalue weighted by molar-refractivity contribution is 7.80. The number of rotatable bonds is 42. The molecule has 370 valence electrons. The first-order chi connectivity index (χ1) is 31.1. The second kappa shape index (κ2) is 41.9. The molecule has 6 unspecified atom stereocenters. The lowest BCUT2D eigenvalue weighted by molar-refractivity contribution is -0.301. The van der Waals surface area contributed by atoms with Gasteiger partial charge in [-0.05, 0) is 64.2 Å². The van der Waals surface area contributed by atoms with E-state index in [9.17, 15) is 33.1 Å². The standard InChI is InChI=1S/C51H88O12S/c1-3-5-7-9-11-13-15-17-18-19-20-21-22-23-24-25-26-27-28-29-30-32-34-36-38-40-47(53)61-45(43-59-41-39-37-35-33-31-16-14-12-10-8-6-4-2)44-60-51-49(55)50(63-64(56,57)58)48(54)46(42-52)62-51/h5,7,11,13,17-18,20-21,23-24,26-27,45-46,48-52,54-55H,3-4,6,8-10,12,14-16,19,22,25,28-44H2,1-2H3,(H,56,57,58)/b7-5-,13-11-,18-17-,21-20-,24-23-,27-26-. The van der Waals surface area contributed by atoms with E-state index in [4.69, 9.17) is 18.9 Å². The van der Waals surface area contributed by atoms with Gasteiger partial charge in [0, 0.05) is 13.0 Å². The molecule has 0 aromatic carbocycles. The van der Waals surface area contributed by atoms with E-state index in [2.05, 4.69) is 90.9 Å². The largest absolute Gasteiger partial charge is 0.457 e. The van der Waals surface area contributed by atoms with Crippen LogP contribution in [0.5, 0.6) is 0 Å². The van der Waals surface area contributed by atoms with Gasteiger partial charge in [0.05, 0.1) is 19.8 Å². The molecule has 64 heavy (non-hydrogen) atoms. The number of aliphatic hydroxyl groups is 3. The first-order valence-electron chi connectivity index (χ1n) is 24.7. The SMILES string of the molecule is CC/C=C\C/C=C\C/C=C\C/C=C\C/C=C\C/C=C\CCCCCCCCC(=O)OC(COCCCCCCCCCCCCCC)COC1OC(CO)C(O)C(OS(=O)(=O)O)C1O. The number of esters is 1. The van der Waals surface area contributed by atoms with E-state index in [0.29, 0.717) is 13.0 Å². The molecule has 0 spiro atoms. The van der Waals surface area contributed by atoms with Crippen LogP contribution in [0, 0.1) is 0 Å². The number of hydrogen-bond donors (Lipinski definition) is 4. The van der Waals surface area contributed by atoms with Crippen molar-refractivity contribution >= 4 is 16.4 Å². The maximum atomic E-state index is 12.9. The second-order valence-corrected chi connectivity index (χ2v) is 17.7. The highest BCUT2D eigenvalue weighted by Gasteiger charge is 2.48. The number of unbranched alkanes of at least 4 members (excludes halogenated alkanes) is 17. The first kappa shape index (κ1) is 59.6. The van der Waals surface area contributed by atoms with E-state index in [-0.39, 0.29) is 19.6 Å².